The van der Waals surface area contributed by atoms with Crippen LogP contribution in [0, 0.1) is 0 Å². The van der Waals surface area contributed by atoms with Crippen LogP contribution in [0.4, 0.5) is 11.4 Å². The van der Waals surface area contributed by atoms with Crippen molar-refractivity contribution in [2.24, 2.45) is 0 Å². The summed E-state index contributed by atoms with van der Waals surface area (Å²) in [7, 11) is -2.16. The molecule has 5 nitrogen and oxygen atoms in total. The van der Waals surface area contributed by atoms with Crippen LogP contribution in [0.1, 0.15) is 0 Å². The van der Waals surface area contributed by atoms with E-state index in [0.29, 0.717) is 21.6 Å². The second-order valence-electron chi connectivity index (χ2n) is 4.02. The highest BCUT2D eigenvalue weighted by atomic mass is 79.9. The van der Waals surface area contributed by atoms with Gasteiger partial charge in [-0.2, -0.15) is 0 Å². The Labute approximate surface area is 125 Å². The van der Waals surface area contributed by atoms with Crippen LogP contribution in [0.3, 0.4) is 0 Å². The fourth-order valence-electron chi connectivity index (χ4n) is 1.60. The van der Waals surface area contributed by atoms with Crippen molar-refractivity contribution in [3.05, 3.63) is 46.9 Å². The van der Waals surface area contributed by atoms with Crippen molar-refractivity contribution in [3.8, 4) is 5.75 Å². The van der Waals surface area contributed by atoms with Gasteiger partial charge in [0.1, 0.15) is 5.75 Å². The highest BCUT2D eigenvalue weighted by Gasteiger charge is 2.15. The number of hydrogen-bond donors (Lipinski definition) is 2. The SMILES string of the molecule is COc1ccc(NS(=O)(=O)c2cccc(Br)c2)c(N)c1. The number of rotatable bonds is 4. The number of benzene rings is 2. The second-order valence-corrected chi connectivity index (χ2v) is 6.61. The van der Waals surface area contributed by atoms with E-state index in [1.165, 1.54) is 19.2 Å². The number of ether oxygens (including phenoxy) is 1. The lowest BCUT2D eigenvalue weighted by Gasteiger charge is -2.11. The van der Waals surface area contributed by atoms with Gasteiger partial charge in [-0.1, -0.05) is 22.0 Å². The third-order valence-corrected chi connectivity index (χ3v) is 4.47. The first kappa shape index (κ1) is 14.7. The molecule has 0 aliphatic rings. The van der Waals surface area contributed by atoms with E-state index in [1.807, 2.05) is 0 Å². The highest BCUT2D eigenvalue weighted by Crippen LogP contribution is 2.27. The summed E-state index contributed by atoms with van der Waals surface area (Å²) in [6.07, 6.45) is 0. The molecule has 0 bridgehead atoms. The van der Waals surface area contributed by atoms with Crippen molar-refractivity contribution in [1.82, 2.24) is 0 Å². The molecular formula is C13H13BrN2O3S. The third-order valence-electron chi connectivity index (χ3n) is 2.61. The van der Waals surface area contributed by atoms with E-state index in [-0.39, 0.29) is 4.90 Å². The van der Waals surface area contributed by atoms with Crippen LogP contribution in [-0.4, -0.2) is 15.5 Å². The Balaban J connectivity index is 2.33. The van der Waals surface area contributed by atoms with Crippen molar-refractivity contribution in [1.29, 1.82) is 0 Å². The first-order valence-electron chi connectivity index (χ1n) is 5.64. The fourth-order valence-corrected chi connectivity index (χ4v) is 3.28. The molecule has 2 rings (SSSR count). The van der Waals surface area contributed by atoms with E-state index in [9.17, 15) is 8.42 Å². The molecule has 0 aliphatic heterocycles. The first-order valence-corrected chi connectivity index (χ1v) is 7.92. The molecule has 0 aliphatic carbocycles. The van der Waals surface area contributed by atoms with Crippen molar-refractivity contribution in [3.63, 3.8) is 0 Å². The van der Waals surface area contributed by atoms with Gasteiger partial charge in [-0.15, -0.1) is 0 Å². The summed E-state index contributed by atoms with van der Waals surface area (Å²) < 4.78 is 32.6. The Morgan fingerprint density at radius 2 is 1.95 bits per heavy atom. The molecule has 0 saturated heterocycles. The lowest BCUT2D eigenvalue weighted by atomic mass is 10.2. The zero-order chi connectivity index (χ0) is 14.8. The number of anilines is 2. The molecule has 0 saturated carbocycles. The van der Waals surface area contributed by atoms with Gasteiger partial charge in [-0.05, 0) is 30.3 Å². The van der Waals surface area contributed by atoms with Gasteiger partial charge < -0.3 is 10.5 Å². The van der Waals surface area contributed by atoms with E-state index in [1.54, 1.807) is 30.3 Å². The second kappa shape index (κ2) is 5.72. The van der Waals surface area contributed by atoms with E-state index >= 15 is 0 Å². The topological polar surface area (TPSA) is 81.4 Å². The Morgan fingerprint density at radius 3 is 2.55 bits per heavy atom. The quantitative estimate of drug-likeness (QED) is 0.825. The molecule has 3 N–H and O–H groups in total. The normalized spacial score (nSPS) is 11.1. The first-order chi connectivity index (χ1) is 9.42. The summed E-state index contributed by atoms with van der Waals surface area (Å²) in [6.45, 7) is 0. The van der Waals surface area contributed by atoms with E-state index in [0.717, 1.165) is 0 Å². The predicted octanol–water partition coefficient (Wildman–Crippen LogP) is 2.84. The Kier molecular flexibility index (Phi) is 4.20. The Morgan fingerprint density at radius 1 is 1.20 bits per heavy atom. The van der Waals surface area contributed by atoms with Crippen LogP contribution in [0.5, 0.6) is 5.75 Å². The molecule has 0 heterocycles. The molecule has 0 amide bonds. The average molecular weight is 357 g/mol. The third kappa shape index (κ3) is 3.23. The van der Waals surface area contributed by atoms with Gasteiger partial charge in [0, 0.05) is 10.5 Å². The minimum atomic E-state index is -3.68. The molecule has 0 unspecified atom stereocenters. The smallest absolute Gasteiger partial charge is 0.261 e. The molecule has 7 heteroatoms. The van der Waals surface area contributed by atoms with Crippen molar-refractivity contribution >= 4 is 37.3 Å². The number of nitrogens with one attached hydrogen (secondary N) is 1. The number of nitrogens with two attached hydrogens (primary N) is 1. The van der Waals surface area contributed by atoms with Crippen LogP contribution in [0.15, 0.2) is 51.8 Å². The summed E-state index contributed by atoms with van der Waals surface area (Å²) in [5, 5.41) is 0. The lowest BCUT2D eigenvalue weighted by molar-refractivity contribution is 0.415. The van der Waals surface area contributed by atoms with Crippen LogP contribution < -0.4 is 15.2 Å². The zero-order valence-corrected chi connectivity index (χ0v) is 13.0. The zero-order valence-electron chi connectivity index (χ0n) is 10.6. The van der Waals surface area contributed by atoms with Crippen molar-refractivity contribution < 1.29 is 13.2 Å². The Hall–Kier alpha value is -1.73. The van der Waals surface area contributed by atoms with Crippen LogP contribution in [0.25, 0.3) is 0 Å². The van der Waals surface area contributed by atoms with Crippen molar-refractivity contribution in [2.45, 2.75) is 4.90 Å². The molecule has 2 aromatic carbocycles. The van der Waals surface area contributed by atoms with Gasteiger partial charge >= 0.3 is 0 Å². The average Bonchev–Trinajstić information content (AvgIpc) is 2.41. The molecule has 0 spiro atoms. The minimum Gasteiger partial charge on any atom is -0.497 e. The van der Waals surface area contributed by atoms with Crippen LogP contribution >= 0.6 is 15.9 Å². The molecule has 0 radical (unpaired) electrons. The van der Waals surface area contributed by atoms with Gasteiger partial charge in [0.2, 0.25) is 0 Å². The predicted molar refractivity (Wildman–Crippen MR) is 82.4 cm³/mol. The summed E-state index contributed by atoms with van der Waals surface area (Å²) in [5.41, 5.74) is 6.40. The number of halogens is 1. The van der Waals surface area contributed by atoms with Crippen LogP contribution in [0.2, 0.25) is 0 Å². The van der Waals surface area contributed by atoms with Gasteiger partial charge in [-0.3, -0.25) is 4.72 Å². The molecule has 2 aromatic rings. The Bertz CT molecular complexity index is 732. The maximum Gasteiger partial charge on any atom is 0.261 e. The largest absolute Gasteiger partial charge is 0.497 e. The van der Waals surface area contributed by atoms with Gasteiger partial charge in [0.05, 0.1) is 23.4 Å². The number of sulfonamides is 1. The molecule has 0 atom stereocenters. The molecule has 0 fully saturated rings. The summed E-state index contributed by atoms with van der Waals surface area (Å²) in [6, 6.07) is 11.2. The van der Waals surface area contributed by atoms with Gasteiger partial charge in [-0.25, -0.2) is 8.42 Å². The maximum absolute atomic E-state index is 12.2. The van der Waals surface area contributed by atoms with E-state index in [2.05, 4.69) is 20.7 Å². The van der Waals surface area contributed by atoms with E-state index < -0.39 is 10.0 Å². The van der Waals surface area contributed by atoms with Crippen LogP contribution in [-0.2, 0) is 10.0 Å². The summed E-state index contributed by atoms with van der Waals surface area (Å²) >= 11 is 3.24. The van der Waals surface area contributed by atoms with Gasteiger partial charge in [0.25, 0.3) is 10.0 Å². The fraction of sp³-hybridized carbons (Fsp3) is 0.0769. The summed E-state index contributed by atoms with van der Waals surface area (Å²) in [5.74, 6) is 0.563. The standard InChI is InChI=1S/C13H13BrN2O3S/c1-19-10-5-6-13(12(15)8-10)16-20(17,18)11-4-2-3-9(14)7-11/h2-8,16H,15H2,1H3. The number of nitrogen functional groups attached to an aromatic ring is 1. The molecule has 0 aromatic heterocycles. The highest BCUT2D eigenvalue weighted by molar-refractivity contribution is 9.10. The molecule has 106 valence electrons. The monoisotopic (exact) mass is 356 g/mol. The lowest BCUT2D eigenvalue weighted by Crippen LogP contribution is -2.14. The maximum atomic E-state index is 12.2. The number of methoxy groups -OCH3 is 1. The van der Waals surface area contributed by atoms with E-state index in [4.69, 9.17) is 10.5 Å². The summed E-state index contributed by atoms with van der Waals surface area (Å²) in [4.78, 5) is 0.155. The van der Waals surface area contributed by atoms with Crippen molar-refractivity contribution in [2.75, 3.05) is 17.6 Å². The minimum absolute atomic E-state index is 0.155. The molecular weight excluding hydrogens is 344 g/mol. The number of hydrogen-bond acceptors (Lipinski definition) is 4. The molecule has 20 heavy (non-hydrogen) atoms. The van der Waals surface area contributed by atoms with Gasteiger partial charge in [0.15, 0.2) is 0 Å².